The molecule has 0 bridgehead atoms. The standard InChI is InChI=1S/C31H23N/c1-31(2)26-14-8-6-13-23(26)30-24-19-25-22-12-7-9-15-28(22)32(21-10-4-3-5-11-21)29(25)18-20(24)16-17-27(30)31/h3-19H,1-2H3/i3D,4D,5D,10D,11D. The monoisotopic (exact) mass is 414 g/mol. The Morgan fingerprint density at radius 3 is 2.34 bits per heavy atom. The summed E-state index contributed by atoms with van der Waals surface area (Å²) in [6.45, 7) is 4.54. The van der Waals surface area contributed by atoms with Crippen molar-refractivity contribution < 1.29 is 6.85 Å². The Bertz CT molecular complexity index is 1940. The lowest BCUT2D eigenvalue weighted by Crippen LogP contribution is -2.14. The van der Waals surface area contributed by atoms with Gasteiger partial charge in [-0.1, -0.05) is 86.6 Å². The molecule has 0 amide bonds. The summed E-state index contributed by atoms with van der Waals surface area (Å²) in [5, 5.41) is 4.18. The summed E-state index contributed by atoms with van der Waals surface area (Å²) in [6, 6.07) is 23.7. The summed E-state index contributed by atoms with van der Waals surface area (Å²) in [7, 11) is 0. The maximum Gasteiger partial charge on any atom is 0.0645 e. The highest BCUT2D eigenvalue weighted by atomic mass is 15.0. The number of aromatic nitrogens is 1. The minimum absolute atomic E-state index is 0.101. The molecule has 0 saturated carbocycles. The first-order valence-electron chi connectivity index (χ1n) is 13.4. The molecule has 1 heterocycles. The van der Waals surface area contributed by atoms with Gasteiger partial charge in [-0.3, -0.25) is 0 Å². The van der Waals surface area contributed by atoms with E-state index in [1.165, 1.54) is 22.3 Å². The number of rotatable bonds is 1. The summed E-state index contributed by atoms with van der Waals surface area (Å²) >= 11 is 0. The van der Waals surface area contributed by atoms with E-state index in [2.05, 4.69) is 62.4 Å². The second kappa shape index (κ2) is 6.11. The van der Waals surface area contributed by atoms with E-state index in [9.17, 15) is 0 Å². The van der Waals surface area contributed by atoms with Gasteiger partial charge in [0.1, 0.15) is 0 Å². The molecule has 0 atom stereocenters. The number of hydrogen-bond acceptors (Lipinski definition) is 0. The molecule has 6 aromatic rings. The first kappa shape index (κ1) is 13.5. The summed E-state index contributed by atoms with van der Waals surface area (Å²) in [6.07, 6.45) is 0. The molecular weight excluding hydrogens is 386 g/mol. The predicted molar refractivity (Wildman–Crippen MR) is 136 cm³/mol. The van der Waals surface area contributed by atoms with Crippen LogP contribution in [0, 0.1) is 0 Å². The zero-order chi connectivity index (χ0) is 25.8. The SMILES string of the molecule is [2H]c1c([2H])c([2H])c(-n2c3ccccc3c3cc4c5c(ccc4cc32)C(C)(C)c2ccccc2-5)c([2H])c1[2H]. The molecule has 1 aliphatic rings. The molecule has 0 spiro atoms. The summed E-state index contributed by atoms with van der Waals surface area (Å²) in [4.78, 5) is 0. The number of hydrogen-bond donors (Lipinski definition) is 0. The van der Waals surface area contributed by atoms with Crippen LogP contribution in [0.2, 0.25) is 0 Å². The minimum Gasteiger partial charge on any atom is -0.309 e. The lowest BCUT2D eigenvalue weighted by Gasteiger charge is -2.21. The molecule has 1 nitrogen and oxygen atoms in total. The van der Waals surface area contributed by atoms with Gasteiger partial charge < -0.3 is 4.57 Å². The van der Waals surface area contributed by atoms with E-state index in [1.807, 2.05) is 28.8 Å². The highest BCUT2D eigenvalue weighted by molar-refractivity contribution is 6.16. The smallest absolute Gasteiger partial charge is 0.0645 e. The lowest BCUT2D eigenvalue weighted by atomic mass is 9.82. The maximum atomic E-state index is 8.66. The van der Waals surface area contributed by atoms with Crippen LogP contribution in [0.25, 0.3) is 49.4 Å². The lowest BCUT2D eigenvalue weighted by molar-refractivity contribution is 0.661. The fourth-order valence-corrected chi connectivity index (χ4v) is 5.59. The summed E-state index contributed by atoms with van der Waals surface area (Å²) in [5.41, 5.74) is 6.82. The predicted octanol–water partition coefficient (Wildman–Crippen LogP) is 8.24. The molecule has 0 unspecified atom stereocenters. The Kier molecular flexibility index (Phi) is 2.59. The van der Waals surface area contributed by atoms with E-state index < -0.39 is 0 Å². The maximum absolute atomic E-state index is 8.66. The van der Waals surface area contributed by atoms with Crippen LogP contribution >= 0.6 is 0 Å². The third kappa shape index (κ3) is 2.18. The van der Waals surface area contributed by atoms with Gasteiger partial charge in [-0.15, -0.1) is 0 Å². The van der Waals surface area contributed by atoms with Crippen molar-refractivity contribution in [2.45, 2.75) is 19.3 Å². The van der Waals surface area contributed by atoms with Crippen molar-refractivity contribution in [3.05, 3.63) is 114 Å². The Balaban J connectivity index is 1.66. The third-order valence-electron chi connectivity index (χ3n) is 7.07. The van der Waals surface area contributed by atoms with Gasteiger partial charge in [0.15, 0.2) is 0 Å². The van der Waals surface area contributed by atoms with Crippen LogP contribution in [0.4, 0.5) is 0 Å². The first-order chi connectivity index (χ1) is 17.7. The van der Waals surface area contributed by atoms with Crippen molar-refractivity contribution in [2.24, 2.45) is 0 Å². The highest BCUT2D eigenvalue weighted by Crippen LogP contribution is 2.51. The molecule has 7 rings (SSSR count). The van der Waals surface area contributed by atoms with E-state index in [0.29, 0.717) is 0 Å². The number of para-hydroxylation sites is 2. The highest BCUT2D eigenvalue weighted by Gasteiger charge is 2.36. The first-order valence-corrected chi connectivity index (χ1v) is 10.9. The molecule has 1 heteroatoms. The van der Waals surface area contributed by atoms with Gasteiger partial charge in [0, 0.05) is 21.9 Å². The van der Waals surface area contributed by atoms with Gasteiger partial charge in [0.05, 0.1) is 17.9 Å². The summed E-state index contributed by atoms with van der Waals surface area (Å²) in [5.74, 6) is 0. The zero-order valence-corrected chi connectivity index (χ0v) is 17.9. The van der Waals surface area contributed by atoms with Gasteiger partial charge in [0.25, 0.3) is 0 Å². The Hall–Kier alpha value is -3.84. The van der Waals surface area contributed by atoms with Gasteiger partial charge in [-0.25, -0.2) is 0 Å². The average molecular weight is 415 g/mol. The molecular formula is C31H23N. The zero-order valence-electron chi connectivity index (χ0n) is 22.9. The van der Waals surface area contributed by atoms with Crippen LogP contribution in [0.3, 0.4) is 0 Å². The average Bonchev–Trinajstić information content (AvgIpc) is 3.34. The van der Waals surface area contributed by atoms with E-state index >= 15 is 0 Å². The quantitative estimate of drug-likeness (QED) is 0.255. The van der Waals surface area contributed by atoms with Crippen LogP contribution in [0.15, 0.2) is 103 Å². The molecule has 32 heavy (non-hydrogen) atoms. The second-order valence-corrected chi connectivity index (χ2v) is 9.08. The topological polar surface area (TPSA) is 4.93 Å². The van der Waals surface area contributed by atoms with E-state index in [-0.39, 0.29) is 41.3 Å². The normalized spacial score (nSPS) is 16.4. The van der Waals surface area contributed by atoms with Crippen LogP contribution < -0.4 is 0 Å². The fourth-order valence-electron chi connectivity index (χ4n) is 5.59. The van der Waals surface area contributed by atoms with Crippen LogP contribution in [-0.2, 0) is 5.41 Å². The largest absolute Gasteiger partial charge is 0.309 e. The molecule has 1 aliphatic carbocycles. The molecule has 0 aliphatic heterocycles. The van der Waals surface area contributed by atoms with Crippen molar-refractivity contribution in [1.82, 2.24) is 4.57 Å². The minimum atomic E-state index is -0.387. The van der Waals surface area contributed by atoms with Crippen LogP contribution in [0.1, 0.15) is 31.8 Å². The van der Waals surface area contributed by atoms with Crippen molar-refractivity contribution in [1.29, 1.82) is 0 Å². The number of nitrogens with zero attached hydrogens (tertiary/aromatic N) is 1. The van der Waals surface area contributed by atoms with Crippen molar-refractivity contribution in [3.8, 4) is 16.8 Å². The Labute approximate surface area is 194 Å². The van der Waals surface area contributed by atoms with Crippen LogP contribution in [0.5, 0.6) is 0 Å². The fraction of sp³-hybridized carbons (Fsp3) is 0.0968. The van der Waals surface area contributed by atoms with Gasteiger partial charge in [0.2, 0.25) is 0 Å². The Morgan fingerprint density at radius 1 is 0.688 bits per heavy atom. The number of benzene rings is 5. The van der Waals surface area contributed by atoms with Gasteiger partial charge >= 0.3 is 0 Å². The van der Waals surface area contributed by atoms with Crippen molar-refractivity contribution >= 4 is 32.6 Å². The van der Waals surface area contributed by atoms with E-state index in [0.717, 1.165) is 32.6 Å². The second-order valence-electron chi connectivity index (χ2n) is 9.08. The molecule has 0 N–H and O–H groups in total. The molecule has 152 valence electrons. The van der Waals surface area contributed by atoms with Crippen molar-refractivity contribution in [2.75, 3.05) is 0 Å². The van der Waals surface area contributed by atoms with E-state index in [1.54, 1.807) is 0 Å². The van der Waals surface area contributed by atoms with Gasteiger partial charge in [-0.2, -0.15) is 0 Å². The third-order valence-corrected chi connectivity index (χ3v) is 7.07. The molecule has 0 fully saturated rings. The number of fused-ring (bicyclic) bond motifs is 8. The van der Waals surface area contributed by atoms with E-state index in [4.69, 9.17) is 6.85 Å². The molecule has 5 aromatic carbocycles. The molecule has 0 radical (unpaired) electrons. The molecule has 0 saturated heterocycles. The van der Waals surface area contributed by atoms with Gasteiger partial charge in [-0.05, 0) is 63.3 Å². The van der Waals surface area contributed by atoms with Crippen LogP contribution in [-0.4, -0.2) is 4.57 Å². The Morgan fingerprint density at radius 2 is 1.47 bits per heavy atom. The molecule has 1 aromatic heterocycles. The van der Waals surface area contributed by atoms with Crippen molar-refractivity contribution in [3.63, 3.8) is 0 Å². The summed E-state index contributed by atoms with van der Waals surface area (Å²) < 4.78 is 43.7.